The topological polar surface area (TPSA) is 203 Å². The Bertz CT molecular complexity index is 843. The summed E-state index contributed by atoms with van der Waals surface area (Å²) >= 11 is 0. The van der Waals surface area contributed by atoms with Crippen molar-refractivity contribution >= 4 is 29.8 Å². The number of amides is 3. The van der Waals surface area contributed by atoms with Crippen LogP contribution in [-0.2, 0) is 23.9 Å². The molecule has 0 aromatic carbocycles. The Hall–Kier alpha value is -3.45. The Labute approximate surface area is 209 Å². The highest BCUT2D eigenvalue weighted by molar-refractivity contribution is 5.96. The molecular weight excluding hydrogens is 476 g/mol. The average Bonchev–Trinajstić information content (AvgIpc) is 2.82. The molecule has 4 atom stereocenters. The molecular formula is C23H36N4O9. The fourth-order valence-corrected chi connectivity index (χ4v) is 3.30. The third-order valence-corrected chi connectivity index (χ3v) is 5.45. The number of methoxy groups -OCH3 is 1. The molecule has 202 valence electrons. The molecule has 36 heavy (non-hydrogen) atoms. The second-order valence-electron chi connectivity index (χ2n) is 8.45. The summed E-state index contributed by atoms with van der Waals surface area (Å²) in [5.41, 5.74) is 0.607. The largest absolute Gasteiger partial charge is 0.481 e. The summed E-state index contributed by atoms with van der Waals surface area (Å²) in [5.74, 6) is -3.70. The average molecular weight is 513 g/mol. The molecule has 13 nitrogen and oxygen atoms in total. The number of unbranched alkanes of at least 4 members (excludes halogenated alkanes) is 1. The number of aliphatic carboxylic acids is 3. The number of nitrogens with one attached hydrogen (secondary N) is 4. The summed E-state index contributed by atoms with van der Waals surface area (Å²) < 4.78 is 5.31. The molecule has 7 N–H and O–H groups in total. The molecule has 0 saturated heterocycles. The maximum Gasteiger partial charge on any atom is 0.326 e. The van der Waals surface area contributed by atoms with Gasteiger partial charge in [0.1, 0.15) is 18.3 Å². The Kier molecular flexibility index (Phi) is 13.8. The Morgan fingerprint density at radius 3 is 2.19 bits per heavy atom. The van der Waals surface area contributed by atoms with Gasteiger partial charge in [-0.05, 0) is 44.6 Å². The highest BCUT2D eigenvalue weighted by atomic mass is 16.5. The predicted octanol–water partition coefficient (Wildman–Crippen LogP) is 0.428. The monoisotopic (exact) mass is 512 g/mol. The Balaban J connectivity index is 2.36. The normalized spacial score (nSPS) is 17.3. The van der Waals surface area contributed by atoms with Crippen LogP contribution in [0.3, 0.4) is 0 Å². The van der Waals surface area contributed by atoms with Gasteiger partial charge in [0.05, 0.1) is 6.54 Å². The fourth-order valence-electron chi connectivity index (χ4n) is 3.30. The molecule has 0 aromatic rings. The summed E-state index contributed by atoms with van der Waals surface area (Å²) in [5, 5.41) is 37.3. The standard InChI is InChI=1S/C23H36N4O9/c1-14-6-8-15(9-7-14)20(30)25-13-18(36-2)24-12-4-3-5-16(21(31)32)26-23(35)27-17(22(33)34)10-11-19(28)29/h6,8-9,14,16-18,24H,3-5,7,10-13H2,1-2H3,(H,25,30)(H,28,29)(H,31,32)(H,33,34)(H2,26,27,35)/t14-,16?,17?,18?/m1/s1. The van der Waals surface area contributed by atoms with E-state index in [1.165, 1.54) is 7.11 Å². The molecule has 0 aliphatic heterocycles. The second kappa shape index (κ2) is 16.3. The number of carboxylic acid groups (broad SMARTS) is 3. The molecule has 0 aromatic heterocycles. The van der Waals surface area contributed by atoms with E-state index in [-0.39, 0.29) is 25.3 Å². The number of ether oxygens (including phenoxy) is 1. The van der Waals surface area contributed by atoms with Crippen molar-refractivity contribution in [1.29, 1.82) is 0 Å². The third kappa shape index (κ3) is 12.3. The Morgan fingerprint density at radius 2 is 1.67 bits per heavy atom. The first-order valence-electron chi connectivity index (χ1n) is 11.7. The van der Waals surface area contributed by atoms with Crippen molar-refractivity contribution in [2.75, 3.05) is 20.2 Å². The molecule has 0 radical (unpaired) electrons. The number of hydrogen-bond acceptors (Lipinski definition) is 7. The number of allylic oxidation sites excluding steroid dienone is 2. The molecule has 1 aliphatic rings. The van der Waals surface area contributed by atoms with Crippen molar-refractivity contribution in [2.24, 2.45) is 5.92 Å². The molecule has 3 unspecified atom stereocenters. The van der Waals surface area contributed by atoms with E-state index < -0.39 is 48.7 Å². The van der Waals surface area contributed by atoms with Crippen LogP contribution in [-0.4, -0.2) is 83.7 Å². The second-order valence-corrected chi connectivity index (χ2v) is 8.45. The minimum atomic E-state index is -1.46. The van der Waals surface area contributed by atoms with E-state index in [0.29, 0.717) is 30.9 Å². The maximum absolute atomic E-state index is 12.2. The van der Waals surface area contributed by atoms with Gasteiger partial charge >= 0.3 is 23.9 Å². The van der Waals surface area contributed by atoms with Gasteiger partial charge in [-0.1, -0.05) is 25.2 Å². The molecule has 1 rings (SSSR count). The number of rotatable bonds is 17. The summed E-state index contributed by atoms with van der Waals surface area (Å²) in [4.78, 5) is 57.5. The van der Waals surface area contributed by atoms with Gasteiger partial charge in [0.15, 0.2) is 0 Å². The van der Waals surface area contributed by atoms with Crippen molar-refractivity contribution in [1.82, 2.24) is 21.3 Å². The van der Waals surface area contributed by atoms with Crippen LogP contribution in [0.1, 0.15) is 45.4 Å². The molecule has 0 bridgehead atoms. The van der Waals surface area contributed by atoms with Crippen LogP contribution in [0.25, 0.3) is 0 Å². The molecule has 0 heterocycles. The van der Waals surface area contributed by atoms with E-state index in [1.807, 2.05) is 12.2 Å². The molecule has 3 amide bonds. The van der Waals surface area contributed by atoms with Gasteiger partial charge in [-0.2, -0.15) is 0 Å². The van der Waals surface area contributed by atoms with Crippen LogP contribution in [0.4, 0.5) is 4.79 Å². The first kappa shape index (κ1) is 30.6. The third-order valence-electron chi connectivity index (χ3n) is 5.45. The lowest BCUT2D eigenvalue weighted by atomic mass is 9.98. The molecule has 0 spiro atoms. The number of urea groups is 1. The quantitative estimate of drug-likeness (QED) is 0.106. The highest BCUT2D eigenvalue weighted by Crippen LogP contribution is 2.15. The fraction of sp³-hybridized carbons (Fsp3) is 0.609. The van der Waals surface area contributed by atoms with Gasteiger partial charge in [-0.3, -0.25) is 14.9 Å². The summed E-state index contributed by atoms with van der Waals surface area (Å²) in [7, 11) is 1.50. The first-order chi connectivity index (χ1) is 17.0. The summed E-state index contributed by atoms with van der Waals surface area (Å²) in [6.07, 6.45) is 6.28. The Morgan fingerprint density at radius 1 is 1.03 bits per heavy atom. The molecule has 1 aliphatic carbocycles. The van der Waals surface area contributed by atoms with E-state index in [4.69, 9.17) is 14.9 Å². The van der Waals surface area contributed by atoms with Gasteiger partial charge < -0.3 is 36.0 Å². The van der Waals surface area contributed by atoms with Crippen LogP contribution in [0.2, 0.25) is 0 Å². The minimum absolute atomic E-state index is 0.0879. The van der Waals surface area contributed by atoms with E-state index in [1.54, 1.807) is 6.08 Å². The molecule has 13 heteroatoms. The number of carbonyl (C=O) groups is 5. The number of carboxylic acids is 3. The zero-order chi connectivity index (χ0) is 27.1. The van der Waals surface area contributed by atoms with E-state index in [0.717, 1.165) is 6.42 Å². The van der Waals surface area contributed by atoms with Crippen molar-refractivity contribution in [3.63, 3.8) is 0 Å². The summed E-state index contributed by atoms with van der Waals surface area (Å²) in [6, 6.07) is -3.72. The lowest BCUT2D eigenvalue weighted by Crippen LogP contribution is -2.51. The first-order valence-corrected chi connectivity index (χ1v) is 11.7. The predicted molar refractivity (Wildman–Crippen MR) is 128 cm³/mol. The number of carbonyl (C=O) groups excluding carboxylic acids is 2. The van der Waals surface area contributed by atoms with Gasteiger partial charge in [-0.15, -0.1) is 0 Å². The van der Waals surface area contributed by atoms with Crippen LogP contribution in [0.15, 0.2) is 23.8 Å². The SMILES string of the molecule is COC(CNC(=O)C1=CC[C@H](C)C=C1)NCCCCC(NC(=O)NC(CCC(=O)O)C(=O)O)C(=O)O. The maximum atomic E-state index is 12.2. The smallest absolute Gasteiger partial charge is 0.326 e. The van der Waals surface area contributed by atoms with Crippen molar-refractivity contribution in [2.45, 2.75) is 63.8 Å². The van der Waals surface area contributed by atoms with Gasteiger partial charge in [0.2, 0.25) is 0 Å². The van der Waals surface area contributed by atoms with E-state index >= 15 is 0 Å². The highest BCUT2D eigenvalue weighted by Gasteiger charge is 2.24. The van der Waals surface area contributed by atoms with Crippen molar-refractivity contribution in [3.05, 3.63) is 23.8 Å². The molecule has 0 fully saturated rings. The van der Waals surface area contributed by atoms with Crippen LogP contribution in [0.5, 0.6) is 0 Å². The van der Waals surface area contributed by atoms with Crippen LogP contribution in [0, 0.1) is 5.92 Å². The summed E-state index contributed by atoms with van der Waals surface area (Å²) in [6.45, 7) is 2.77. The van der Waals surface area contributed by atoms with E-state index in [2.05, 4.69) is 28.2 Å². The zero-order valence-corrected chi connectivity index (χ0v) is 20.5. The number of hydrogen-bond donors (Lipinski definition) is 7. The van der Waals surface area contributed by atoms with Crippen molar-refractivity contribution < 1.29 is 44.0 Å². The lowest BCUT2D eigenvalue weighted by molar-refractivity contribution is -0.140. The van der Waals surface area contributed by atoms with Gasteiger partial charge in [0.25, 0.3) is 5.91 Å². The molecule has 0 saturated carbocycles. The van der Waals surface area contributed by atoms with Crippen molar-refractivity contribution in [3.8, 4) is 0 Å². The van der Waals surface area contributed by atoms with Gasteiger partial charge in [-0.25, -0.2) is 14.4 Å². The van der Waals surface area contributed by atoms with E-state index in [9.17, 15) is 29.1 Å². The van der Waals surface area contributed by atoms with Crippen LogP contribution < -0.4 is 21.3 Å². The minimum Gasteiger partial charge on any atom is -0.481 e. The van der Waals surface area contributed by atoms with Gasteiger partial charge in [0, 0.05) is 19.1 Å². The van der Waals surface area contributed by atoms with Crippen LogP contribution >= 0.6 is 0 Å². The lowest BCUT2D eigenvalue weighted by Gasteiger charge is -2.20. The zero-order valence-electron chi connectivity index (χ0n) is 20.5.